The number of ketones is 1. The molecule has 12 heteroatoms. The fraction of sp³-hybridized carbons (Fsp3) is 0.500. The van der Waals surface area contributed by atoms with E-state index in [4.69, 9.17) is 4.74 Å². The third-order valence-electron chi connectivity index (χ3n) is 6.34. The van der Waals surface area contributed by atoms with E-state index in [2.05, 4.69) is 15.6 Å². The van der Waals surface area contributed by atoms with E-state index >= 15 is 0 Å². The molecule has 2 aromatic rings. The highest BCUT2D eigenvalue weighted by molar-refractivity contribution is 5.93. The Morgan fingerprint density at radius 1 is 1.11 bits per heavy atom. The van der Waals surface area contributed by atoms with Crippen LogP contribution in [0.4, 0.5) is 23.7 Å². The summed E-state index contributed by atoms with van der Waals surface area (Å²) in [6, 6.07) is 7.07. The van der Waals surface area contributed by atoms with Gasteiger partial charge < -0.3 is 10.1 Å². The largest absolute Gasteiger partial charge is 0.452 e. The van der Waals surface area contributed by atoms with Gasteiger partial charge in [0, 0.05) is 5.92 Å². The second-order valence-electron chi connectivity index (χ2n) is 9.59. The number of rotatable bonds is 9. The maximum Gasteiger partial charge on any atom is 0.452 e. The second-order valence-corrected chi connectivity index (χ2v) is 9.59. The minimum Gasteiger partial charge on any atom is -0.444 e. The lowest BCUT2D eigenvalue weighted by atomic mass is 9.88. The lowest BCUT2D eigenvalue weighted by Crippen LogP contribution is -2.51. The molecule has 2 N–H and O–H groups in total. The van der Waals surface area contributed by atoms with Gasteiger partial charge in [0.05, 0.1) is 12.2 Å². The Hall–Kier alpha value is -3.70. The van der Waals surface area contributed by atoms with Crippen molar-refractivity contribution >= 4 is 23.5 Å². The standard InChI is InChI=1S/C26H31F3N4O5/c1-16(2)21(22(35)26(27,28)29)32-20(34)14-33-23(18-11-7-4-8-12-18)30-13-19(24(33)36)31-25(37)38-15-17-9-5-3-6-10-17/h3,5-6,9-10,13,16,18,21H,4,7-8,11-12,14-15H2,1-2H3,(H,31,37)(H,32,34). The van der Waals surface area contributed by atoms with Crippen LogP contribution in [0.5, 0.6) is 0 Å². The highest BCUT2D eigenvalue weighted by atomic mass is 19.4. The zero-order valence-corrected chi connectivity index (χ0v) is 21.2. The molecule has 9 nitrogen and oxygen atoms in total. The number of alkyl halides is 3. The van der Waals surface area contributed by atoms with Crippen LogP contribution in [0, 0.1) is 5.92 Å². The van der Waals surface area contributed by atoms with Gasteiger partial charge in [-0.1, -0.05) is 63.4 Å². The number of ether oxygens (including phenoxy) is 1. The molecule has 1 atom stereocenters. The van der Waals surface area contributed by atoms with Crippen LogP contribution in [0.2, 0.25) is 0 Å². The van der Waals surface area contributed by atoms with Crippen LogP contribution in [-0.2, 0) is 27.5 Å². The van der Waals surface area contributed by atoms with E-state index in [0.717, 1.165) is 42.2 Å². The number of aromatic nitrogens is 2. The SMILES string of the molecule is CC(C)C(NC(=O)Cn1c(C2CCCCC2)ncc(NC(=O)OCc2ccccc2)c1=O)C(=O)C(F)(F)F. The van der Waals surface area contributed by atoms with Gasteiger partial charge in [-0.25, -0.2) is 9.78 Å². The first kappa shape index (κ1) is 28.9. The summed E-state index contributed by atoms with van der Waals surface area (Å²) in [4.78, 5) is 54.6. The molecule has 1 aliphatic rings. The first-order valence-electron chi connectivity index (χ1n) is 12.4. The molecule has 0 aliphatic heterocycles. The number of halogens is 3. The van der Waals surface area contributed by atoms with Gasteiger partial charge >= 0.3 is 12.3 Å². The summed E-state index contributed by atoms with van der Waals surface area (Å²) >= 11 is 0. The van der Waals surface area contributed by atoms with Gasteiger partial charge in [-0.3, -0.25) is 24.3 Å². The van der Waals surface area contributed by atoms with Crippen LogP contribution in [0.25, 0.3) is 0 Å². The van der Waals surface area contributed by atoms with E-state index in [1.165, 1.54) is 20.0 Å². The first-order valence-corrected chi connectivity index (χ1v) is 12.4. The van der Waals surface area contributed by atoms with Crippen LogP contribution in [0.3, 0.4) is 0 Å². The Balaban J connectivity index is 1.83. The molecule has 38 heavy (non-hydrogen) atoms. The number of benzene rings is 1. The molecule has 1 aliphatic carbocycles. The fourth-order valence-corrected chi connectivity index (χ4v) is 4.37. The molecule has 206 valence electrons. The molecule has 1 unspecified atom stereocenters. The van der Waals surface area contributed by atoms with Gasteiger partial charge in [0.2, 0.25) is 5.91 Å². The first-order chi connectivity index (χ1) is 18.0. The van der Waals surface area contributed by atoms with Crippen molar-refractivity contribution in [3.05, 3.63) is 58.3 Å². The Morgan fingerprint density at radius 2 is 1.76 bits per heavy atom. The monoisotopic (exact) mass is 536 g/mol. The topological polar surface area (TPSA) is 119 Å². The maximum atomic E-state index is 13.3. The van der Waals surface area contributed by atoms with Crippen molar-refractivity contribution in [2.24, 2.45) is 5.92 Å². The molecular formula is C26H31F3N4O5. The molecule has 1 heterocycles. The van der Waals surface area contributed by atoms with Crippen LogP contribution in [0.15, 0.2) is 41.3 Å². The summed E-state index contributed by atoms with van der Waals surface area (Å²) in [7, 11) is 0. The smallest absolute Gasteiger partial charge is 0.444 e. The number of nitrogens with zero attached hydrogens (tertiary/aromatic N) is 2. The van der Waals surface area contributed by atoms with Gasteiger partial charge in [-0.15, -0.1) is 0 Å². The molecule has 1 aromatic heterocycles. The summed E-state index contributed by atoms with van der Waals surface area (Å²) in [6.07, 6.45) is -0.592. The minimum absolute atomic E-state index is 0.0410. The zero-order chi connectivity index (χ0) is 27.9. The summed E-state index contributed by atoms with van der Waals surface area (Å²) in [6.45, 7) is 2.05. The average Bonchev–Trinajstić information content (AvgIpc) is 2.88. The number of carbonyl (C=O) groups is 3. The molecule has 0 saturated heterocycles. The van der Waals surface area contributed by atoms with Crippen LogP contribution in [-0.4, -0.2) is 39.6 Å². The molecule has 1 saturated carbocycles. The molecule has 0 bridgehead atoms. The Kier molecular flexibility index (Phi) is 9.65. The number of hydrogen-bond donors (Lipinski definition) is 2. The van der Waals surface area contributed by atoms with Crippen molar-refractivity contribution in [2.45, 2.75) is 77.2 Å². The molecule has 0 radical (unpaired) electrons. The van der Waals surface area contributed by atoms with Gasteiger partial charge in [-0.05, 0) is 24.3 Å². The van der Waals surface area contributed by atoms with Gasteiger partial charge in [0.1, 0.15) is 24.7 Å². The van der Waals surface area contributed by atoms with E-state index in [0.29, 0.717) is 5.82 Å². The van der Waals surface area contributed by atoms with E-state index in [9.17, 15) is 32.3 Å². The van der Waals surface area contributed by atoms with E-state index in [1.807, 2.05) is 6.07 Å². The third-order valence-corrected chi connectivity index (χ3v) is 6.34. The van der Waals surface area contributed by atoms with Crippen LogP contribution in [0.1, 0.15) is 63.3 Å². The fourth-order valence-electron chi connectivity index (χ4n) is 4.37. The Morgan fingerprint density at radius 3 is 2.37 bits per heavy atom. The van der Waals surface area contributed by atoms with E-state index in [-0.39, 0.29) is 18.2 Å². The zero-order valence-electron chi connectivity index (χ0n) is 21.2. The van der Waals surface area contributed by atoms with Crippen molar-refractivity contribution in [2.75, 3.05) is 5.32 Å². The lowest BCUT2D eigenvalue weighted by molar-refractivity contribution is -0.174. The number of nitrogens with one attached hydrogen (secondary N) is 2. The van der Waals surface area contributed by atoms with Crippen LogP contribution < -0.4 is 16.2 Å². The normalized spacial score (nSPS) is 15.1. The maximum absolute atomic E-state index is 13.3. The van der Waals surface area contributed by atoms with Crippen molar-refractivity contribution in [3.8, 4) is 0 Å². The molecular weight excluding hydrogens is 505 g/mol. The Labute approximate surface area is 217 Å². The van der Waals surface area contributed by atoms with E-state index in [1.54, 1.807) is 24.3 Å². The number of amides is 2. The highest BCUT2D eigenvalue weighted by Gasteiger charge is 2.45. The summed E-state index contributed by atoms with van der Waals surface area (Å²) in [5.74, 6) is -3.70. The third kappa shape index (κ3) is 7.65. The summed E-state index contributed by atoms with van der Waals surface area (Å²) < 4.78 is 45.3. The van der Waals surface area contributed by atoms with Crippen molar-refractivity contribution in [1.29, 1.82) is 0 Å². The van der Waals surface area contributed by atoms with Crippen molar-refractivity contribution in [3.63, 3.8) is 0 Å². The summed E-state index contributed by atoms with van der Waals surface area (Å²) in [5.41, 5.74) is -0.270. The lowest BCUT2D eigenvalue weighted by Gasteiger charge is -2.25. The minimum atomic E-state index is -5.13. The number of hydrogen-bond acceptors (Lipinski definition) is 6. The number of Topliss-reactive ketones (excluding diaryl/α,β-unsaturated/α-hetero) is 1. The van der Waals surface area contributed by atoms with Crippen LogP contribution >= 0.6 is 0 Å². The predicted molar refractivity (Wildman–Crippen MR) is 132 cm³/mol. The number of anilines is 1. The molecule has 0 spiro atoms. The van der Waals surface area contributed by atoms with Gasteiger partial charge in [0.15, 0.2) is 0 Å². The number of carbonyl (C=O) groups excluding carboxylic acids is 3. The predicted octanol–water partition coefficient (Wildman–Crippen LogP) is 4.31. The second kappa shape index (κ2) is 12.7. The van der Waals surface area contributed by atoms with Gasteiger partial charge in [0.25, 0.3) is 11.3 Å². The molecule has 1 fully saturated rings. The van der Waals surface area contributed by atoms with Crippen molar-refractivity contribution < 1.29 is 32.3 Å². The molecule has 2 amide bonds. The molecule has 3 rings (SSSR count). The quantitative estimate of drug-likeness (QED) is 0.493. The van der Waals surface area contributed by atoms with Crippen molar-refractivity contribution in [1.82, 2.24) is 14.9 Å². The summed E-state index contributed by atoms with van der Waals surface area (Å²) in [5, 5.41) is 4.45. The average molecular weight is 537 g/mol. The highest BCUT2D eigenvalue weighted by Crippen LogP contribution is 2.31. The molecule has 1 aromatic carbocycles. The van der Waals surface area contributed by atoms with Gasteiger partial charge in [-0.2, -0.15) is 13.2 Å². The Bertz CT molecular complexity index is 1190. The van der Waals surface area contributed by atoms with E-state index < -0.39 is 48.0 Å².